The fourth-order valence-electron chi connectivity index (χ4n) is 3.72. The number of pyridine rings is 1. The van der Waals surface area contributed by atoms with E-state index >= 15 is 0 Å². The summed E-state index contributed by atoms with van der Waals surface area (Å²) in [4.78, 5) is 8.40. The van der Waals surface area contributed by atoms with Crippen LogP contribution in [-0.2, 0) is 6.42 Å². The molecule has 1 N–H and O–H groups in total. The minimum Gasteiger partial charge on any atom is -0.484 e. The SMILES string of the molecule is Cc1c(C#N)c(Cl)nc2c1CC[C@H]2Oc1ccc2[nH]nc(-c3cnco3)c2c1. The van der Waals surface area contributed by atoms with Crippen molar-refractivity contribution in [1.82, 2.24) is 20.2 Å². The van der Waals surface area contributed by atoms with Gasteiger partial charge in [0, 0.05) is 5.39 Å². The number of benzene rings is 1. The number of nitriles is 1. The second kappa shape index (κ2) is 6.36. The number of nitrogens with one attached hydrogen (secondary N) is 1. The first-order valence-electron chi connectivity index (χ1n) is 8.78. The number of nitrogens with zero attached hydrogens (tertiary/aromatic N) is 4. The van der Waals surface area contributed by atoms with E-state index in [9.17, 15) is 5.26 Å². The summed E-state index contributed by atoms with van der Waals surface area (Å²) in [5.74, 6) is 1.29. The van der Waals surface area contributed by atoms with Gasteiger partial charge in [-0.1, -0.05) is 11.6 Å². The molecule has 0 aliphatic heterocycles. The molecule has 0 amide bonds. The van der Waals surface area contributed by atoms with Crippen LogP contribution in [0.3, 0.4) is 0 Å². The minimum atomic E-state index is -0.211. The Labute approximate surface area is 164 Å². The summed E-state index contributed by atoms with van der Waals surface area (Å²) in [5.41, 5.74) is 4.75. The number of hydrogen-bond acceptors (Lipinski definition) is 6. The van der Waals surface area contributed by atoms with Gasteiger partial charge < -0.3 is 9.15 Å². The Kier molecular flexibility index (Phi) is 3.81. The maximum atomic E-state index is 9.29. The van der Waals surface area contributed by atoms with Crippen molar-refractivity contribution in [3.63, 3.8) is 0 Å². The molecule has 0 radical (unpaired) electrons. The Bertz CT molecular complexity index is 1240. The van der Waals surface area contributed by atoms with Crippen LogP contribution in [0.4, 0.5) is 0 Å². The van der Waals surface area contributed by atoms with Gasteiger partial charge in [-0.25, -0.2) is 9.97 Å². The average molecular weight is 392 g/mol. The maximum absolute atomic E-state index is 9.29. The highest BCUT2D eigenvalue weighted by atomic mass is 35.5. The average Bonchev–Trinajstić information content (AvgIpc) is 3.42. The van der Waals surface area contributed by atoms with Crippen LogP contribution in [0.5, 0.6) is 5.75 Å². The molecule has 1 atom stereocenters. The number of H-pyrrole nitrogens is 1. The molecule has 1 aliphatic rings. The van der Waals surface area contributed by atoms with Crippen molar-refractivity contribution in [3.8, 4) is 23.3 Å². The number of halogens is 1. The van der Waals surface area contributed by atoms with Crippen molar-refractivity contribution in [2.24, 2.45) is 0 Å². The number of aromatic amines is 1. The topological polar surface area (TPSA) is 101 Å². The lowest BCUT2D eigenvalue weighted by molar-refractivity contribution is 0.203. The first-order valence-corrected chi connectivity index (χ1v) is 9.16. The van der Waals surface area contributed by atoms with E-state index in [1.807, 2.05) is 25.1 Å². The van der Waals surface area contributed by atoms with Gasteiger partial charge in [0.25, 0.3) is 0 Å². The van der Waals surface area contributed by atoms with Gasteiger partial charge in [0.05, 0.1) is 23.0 Å². The zero-order valence-electron chi connectivity index (χ0n) is 14.9. The summed E-state index contributed by atoms with van der Waals surface area (Å²) >= 11 is 6.21. The molecule has 4 aromatic rings. The van der Waals surface area contributed by atoms with Crippen LogP contribution < -0.4 is 4.74 Å². The molecule has 0 fully saturated rings. The molecule has 5 rings (SSSR count). The Morgan fingerprint density at radius 2 is 2.29 bits per heavy atom. The summed E-state index contributed by atoms with van der Waals surface area (Å²) in [6, 6.07) is 7.86. The molecule has 0 bridgehead atoms. The summed E-state index contributed by atoms with van der Waals surface area (Å²) in [6.45, 7) is 1.91. The van der Waals surface area contributed by atoms with Crippen LogP contribution >= 0.6 is 11.6 Å². The van der Waals surface area contributed by atoms with Gasteiger partial charge in [0.15, 0.2) is 12.2 Å². The van der Waals surface area contributed by atoms with E-state index in [1.54, 1.807) is 6.20 Å². The van der Waals surface area contributed by atoms with E-state index in [0.29, 0.717) is 22.8 Å². The van der Waals surface area contributed by atoms with Crippen molar-refractivity contribution < 1.29 is 9.15 Å². The molecule has 28 heavy (non-hydrogen) atoms. The molecule has 3 aromatic heterocycles. The first-order chi connectivity index (χ1) is 13.7. The van der Waals surface area contributed by atoms with Crippen molar-refractivity contribution in [2.75, 3.05) is 0 Å². The van der Waals surface area contributed by atoms with Crippen molar-refractivity contribution in [3.05, 3.63) is 58.3 Å². The number of ether oxygens (including phenoxy) is 1. The van der Waals surface area contributed by atoms with Gasteiger partial charge in [0.1, 0.15) is 28.8 Å². The van der Waals surface area contributed by atoms with Gasteiger partial charge in [-0.05, 0) is 49.1 Å². The van der Waals surface area contributed by atoms with Gasteiger partial charge in [-0.15, -0.1) is 0 Å². The molecule has 1 aliphatic carbocycles. The number of aromatic nitrogens is 4. The van der Waals surface area contributed by atoms with Gasteiger partial charge in [0.2, 0.25) is 0 Å². The molecule has 0 unspecified atom stereocenters. The second-order valence-electron chi connectivity index (χ2n) is 6.67. The van der Waals surface area contributed by atoms with Crippen LogP contribution in [0.25, 0.3) is 22.4 Å². The molecule has 8 heteroatoms. The van der Waals surface area contributed by atoms with Crippen molar-refractivity contribution >= 4 is 22.5 Å². The van der Waals surface area contributed by atoms with Crippen LogP contribution in [-0.4, -0.2) is 20.2 Å². The third kappa shape index (κ3) is 2.53. The Balaban J connectivity index is 1.51. The highest BCUT2D eigenvalue weighted by Crippen LogP contribution is 2.39. The largest absolute Gasteiger partial charge is 0.484 e. The normalized spacial score (nSPS) is 15.5. The zero-order chi connectivity index (χ0) is 19.3. The van der Waals surface area contributed by atoms with Crippen molar-refractivity contribution in [1.29, 1.82) is 5.26 Å². The van der Waals surface area contributed by atoms with Gasteiger partial charge >= 0.3 is 0 Å². The molecule has 1 aromatic carbocycles. The monoisotopic (exact) mass is 391 g/mol. The zero-order valence-corrected chi connectivity index (χ0v) is 15.6. The lowest BCUT2D eigenvalue weighted by Gasteiger charge is -2.15. The van der Waals surface area contributed by atoms with Crippen LogP contribution in [0.15, 0.2) is 35.2 Å². The predicted molar refractivity (Wildman–Crippen MR) is 102 cm³/mol. The molecular formula is C20H14ClN5O2. The van der Waals surface area contributed by atoms with Crippen LogP contribution in [0.1, 0.15) is 34.9 Å². The van der Waals surface area contributed by atoms with E-state index in [-0.39, 0.29) is 11.3 Å². The number of fused-ring (bicyclic) bond motifs is 2. The third-order valence-electron chi connectivity index (χ3n) is 5.11. The van der Waals surface area contributed by atoms with E-state index in [2.05, 4.69) is 26.2 Å². The van der Waals surface area contributed by atoms with E-state index in [4.69, 9.17) is 20.8 Å². The molecule has 0 saturated heterocycles. The van der Waals surface area contributed by atoms with Crippen LogP contribution in [0.2, 0.25) is 5.15 Å². The Morgan fingerprint density at radius 1 is 1.39 bits per heavy atom. The number of hydrogen-bond donors (Lipinski definition) is 1. The van der Waals surface area contributed by atoms with Gasteiger partial charge in [-0.2, -0.15) is 10.4 Å². The number of rotatable bonds is 3. The summed E-state index contributed by atoms with van der Waals surface area (Å²) in [5, 5.41) is 17.7. The predicted octanol–water partition coefficient (Wildman–Crippen LogP) is 4.51. The smallest absolute Gasteiger partial charge is 0.181 e. The fourth-order valence-corrected chi connectivity index (χ4v) is 3.99. The summed E-state index contributed by atoms with van der Waals surface area (Å²) < 4.78 is 11.6. The maximum Gasteiger partial charge on any atom is 0.181 e. The quantitative estimate of drug-likeness (QED) is 0.515. The van der Waals surface area contributed by atoms with E-state index in [1.165, 1.54) is 6.39 Å². The lowest BCUT2D eigenvalue weighted by atomic mass is 10.0. The lowest BCUT2D eigenvalue weighted by Crippen LogP contribution is -2.07. The molecule has 0 saturated carbocycles. The minimum absolute atomic E-state index is 0.211. The molecule has 7 nitrogen and oxygen atoms in total. The van der Waals surface area contributed by atoms with E-state index < -0.39 is 0 Å². The standard InChI is InChI=1S/C20H14ClN5O2/c1-10-12-3-5-16(18(12)24-20(21)14(10)7-22)28-11-2-4-15-13(6-11)19(26-25-15)17-8-23-9-27-17/h2,4,6,8-9,16H,3,5H2,1H3,(H,25,26)/t16-/m1/s1. The Hall–Kier alpha value is -3.37. The highest BCUT2D eigenvalue weighted by Gasteiger charge is 2.30. The second-order valence-corrected chi connectivity index (χ2v) is 7.03. The van der Waals surface area contributed by atoms with Gasteiger partial charge in [-0.3, -0.25) is 5.10 Å². The molecular weight excluding hydrogens is 378 g/mol. The fraction of sp³-hybridized carbons (Fsp3) is 0.200. The highest BCUT2D eigenvalue weighted by molar-refractivity contribution is 6.30. The molecule has 3 heterocycles. The summed E-state index contributed by atoms with van der Waals surface area (Å²) in [6.07, 6.45) is 4.38. The molecule has 138 valence electrons. The van der Waals surface area contributed by atoms with E-state index in [0.717, 1.165) is 40.6 Å². The Morgan fingerprint density at radius 3 is 3.07 bits per heavy atom. The van der Waals surface area contributed by atoms with Crippen molar-refractivity contribution in [2.45, 2.75) is 25.9 Å². The van der Waals surface area contributed by atoms with Crippen LogP contribution in [0, 0.1) is 18.3 Å². The first kappa shape index (κ1) is 16.8. The summed E-state index contributed by atoms with van der Waals surface area (Å²) in [7, 11) is 0. The molecule has 0 spiro atoms. The third-order valence-corrected chi connectivity index (χ3v) is 5.39. The number of oxazole rings is 1.